The Balaban J connectivity index is 2.05. The summed E-state index contributed by atoms with van der Waals surface area (Å²) in [4.78, 5) is 16.6. The van der Waals surface area contributed by atoms with Crippen molar-refractivity contribution in [3.8, 4) is 0 Å². The summed E-state index contributed by atoms with van der Waals surface area (Å²) in [6.07, 6.45) is 9.56. The molecule has 1 saturated carbocycles. The smallest absolute Gasteiger partial charge is 0.254 e. The Labute approximate surface area is 130 Å². The first-order valence-electron chi connectivity index (χ1n) is 8.07. The molecule has 2 heterocycles. The average molecular weight is 301 g/mol. The van der Waals surface area contributed by atoms with Crippen LogP contribution in [0.1, 0.15) is 49.4 Å². The lowest BCUT2D eigenvalue weighted by atomic mass is 9.95. The third-order valence-electron chi connectivity index (χ3n) is 4.39. The molecule has 0 bridgehead atoms. The Hall–Kier alpha value is -2.11. The molecule has 1 aliphatic rings. The third-order valence-corrected chi connectivity index (χ3v) is 4.39. The van der Waals surface area contributed by atoms with Gasteiger partial charge in [0.2, 0.25) is 0 Å². The summed E-state index contributed by atoms with van der Waals surface area (Å²) in [5, 5.41) is 11.6. The Bertz CT molecular complexity index is 672. The highest BCUT2D eigenvalue weighted by Crippen LogP contribution is 2.29. The number of amides is 1. The maximum Gasteiger partial charge on any atom is 0.254 e. The van der Waals surface area contributed by atoms with Gasteiger partial charge in [0.15, 0.2) is 5.65 Å². The van der Waals surface area contributed by atoms with E-state index < -0.39 is 0 Å². The normalized spacial score (nSPS) is 15.9. The molecule has 0 atom stereocenters. The van der Waals surface area contributed by atoms with Crippen LogP contribution in [0.2, 0.25) is 0 Å². The standard InChI is InChI=1S/C16H23N5O/c1-3-21-15-12(10-19-21)14(13(9-18-15)16(22)17-2)20-11-7-5-4-6-8-11/h9-11H,3-8H2,1-2H3,(H,17,22)(H,18,20). The van der Waals surface area contributed by atoms with Crippen molar-refractivity contribution in [3.63, 3.8) is 0 Å². The number of hydrogen-bond donors (Lipinski definition) is 2. The number of aromatic nitrogens is 3. The van der Waals surface area contributed by atoms with E-state index in [-0.39, 0.29) is 5.91 Å². The molecule has 1 aliphatic carbocycles. The summed E-state index contributed by atoms with van der Waals surface area (Å²) in [5.41, 5.74) is 2.29. The number of nitrogens with zero attached hydrogens (tertiary/aromatic N) is 3. The lowest BCUT2D eigenvalue weighted by molar-refractivity contribution is 0.0963. The first kappa shape index (κ1) is 14.8. The molecule has 22 heavy (non-hydrogen) atoms. The number of pyridine rings is 1. The second-order valence-electron chi connectivity index (χ2n) is 5.80. The van der Waals surface area contributed by atoms with Crippen LogP contribution in [-0.2, 0) is 6.54 Å². The van der Waals surface area contributed by atoms with Crippen LogP contribution in [0.15, 0.2) is 12.4 Å². The molecule has 118 valence electrons. The predicted molar refractivity (Wildman–Crippen MR) is 87.1 cm³/mol. The van der Waals surface area contributed by atoms with Crippen molar-refractivity contribution in [1.82, 2.24) is 20.1 Å². The number of fused-ring (bicyclic) bond motifs is 1. The quantitative estimate of drug-likeness (QED) is 0.910. The topological polar surface area (TPSA) is 71.8 Å². The Morgan fingerprint density at radius 3 is 2.77 bits per heavy atom. The van der Waals surface area contributed by atoms with Crippen LogP contribution in [0.3, 0.4) is 0 Å². The van der Waals surface area contributed by atoms with E-state index in [2.05, 4.69) is 20.7 Å². The molecule has 0 radical (unpaired) electrons. The zero-order valence-electron chi connectivity index (χ0n) is 13.2. The summed E-state index contributed by atoms with van der Waals surface area (Å²) in [6.45, 7) is 2.80. The largest absolute Gasteiger partial charge is 0.381 e. The van der Waals surface area contributed by atoms with E-state index in [1.54, 1.807) is 13.2 Å². The molecule has 1 fully saturated rings. The van der Waals surface area contributed by atoms with Crippen LogP contribution in [0, 0.1) is 0 Å². The van der Waals surface area contributed by atoms with Crippen LogP contribution in [-0.4, -0.2) is 33.8 Å². The Morgan fingerprint density at radius 1 is 1.32 bits per heavy atom. The summed E-state index contributed by atoms with van der Waals surface area (Å²) in [5.74, 6) is -0.114. The highest BCUT2D eigenvalue weighted by Gasteiger charge is 2.21. The van der Waals surface area contributed by atoms with Crippen molar-refractivity contribution in [2.45, 2.75) is 51.6 Å². The number of anilines is 1. The first-order chi connectivity index (χ1) is 10.7. The molecule has 6 nitrogen and oxygen atoms in total. The fourth-order valence-corrected chi connectivity index (χ4v) is 3.17. The SMILES string of the molecule is CCn1ncc2c(NC3CCCCC3)c(C(=O)NC)cnc21. The zero-order valence-corrected chi connectivity index (χ0v) is 13.2. The van der Waals surface area contributed by atoms with Gasteiger partial charge in [-0.15, -0.1) is 0 Å². The van der Waals surface area contributed by atoms with E-state index in [0.717, 1.165) is 36.1 Å². The van der Waals surface area contributed by atoms with Crippen molar-refractivity contribution < 1.29 is 4.79 Å². The Kier molecular flexibility index (Phi) is 4.27. The van der Waals surface area contributed by atoms with E-state index >= 15 is 0 Å². The maximum atomic E-state index is 12.2. The number of aryl methyl sites for hydroxylation is 1. The van der Waals surface area contributed by atoms with Gasteiger partial charge in [-0.3, -0.25) is 4.79 Å². The fraction of sp³-hybridized carbons (Fsp3) is 0.562. The molecule has 2 aromatic heterocycles. The molecule has 0 unspecified atom stereocenters. The molecule has 0 aliphatic heterocycles. The van der Waals surface area contributed by atoms with E-state index in [9.17, 15) is 4.79 Å². The minimum Gasteiger partial charge on any atom is -0.381 e. The van der Waals surface area contributed by atoms with Crippen LogP contribution < -0.4 is 10.6 Å². The Morgan fingerprint density at radius 2 is 2.09 bits per heavy atom. The highest BCUT2D eigenvalue weighted by atomic mass is 16.1. The predicted octanol–water partition coefficient (Wildman–Crippen LogP) is 2.56. The van der Waals surface area contributed by atoms with Gasteiger partial charge in [-0.25, -0.2) is 9.67 Å². The van der Waals surface area contributed by atoms with Crippen molar-refractivity contribution in [2.75, 3.05) is 12.4 Å². The fourth-order valence-electron chi connectivity index (χ4n) is 3.17. The lowest BCUT2D eigenvalue weighted by Crippen LogP contribution is -2.26. The van der Waals surface area contributed by atoms with Gasteiger partial charge in [0.05, 0.1) is 22.8 Å². The number of hydrogen-bond acceptors (Lipinski definition) is 4. The molecule has 1 amide bonds. The minimum atomic E-state index is -0.114. The molecule has 2 N–H and O–H groups in total. The molecule has 3 rings (SSSR count). The summed E-state index contributed by atoms with van der Waals surface area (Å²) in [7, 11) is 1.65. The molecule has 6 heteroatoms. The number of carbonyl (C=O) groups is 1. The van der Waals surface area contributed by atoms with Gasteiger partial charge >= 0.3 is 0 Å². The first-order valence-corrected chi connectivity index (χ1v) is 8.07. The van der Waals surface area contributed by atoms with Crippen molar-refractivity contribution in [3.05, 3.63) is 18.0 Å². The summed E-state index contributed by atoms with van der Waals surface area (Å²) < 4.78 is 1.86. The van der Waals surface area contributed by atoms with Gasteiger partial charge in [-0.05, 0) is 19.8 Å². The summed E-state index contributed by atoms with van der Waals surface area (Å²) >= 11 is 0. The summed E-state index contributed by atoms with van der Waals surface area (Å²) in [6, 6.07) is 0.424. The number of carbonyl (C=O) groups excluding carboxylic acids is 1. The molecule has 0 aromatic carbocycles. The minimum absolute atomic E-state index is 0.114. The van der Waals surface area contributed by atoms with Gasteiger partial charge < -0.3 is 10.6 Å². The maximum absolute atomic E-state index is 12.2. The zero-order chi connectivity index (χ0) is 15.5. The average Bonchev–Trinajstić information content (AvgIpc) is 2.99. The second kappa shape index (κ2) is 6.34. The van der Waals surface area contributed by atoms with Crippen molar-refractivity contribution in [2.24, 2.45) is 0 Å². The monoisotopic (exact) mass is 301 g/mol. The van der Waals surface area contributed by atoms with Crippen LogP contribution in [0.5, 0.6) is 0 Å². The van der Waals surface area contributed by atoms with Crippen molar-refractivity contribution in [1.29, 1.82) is 0 Å². The van der Waals surface area contributed by atoms with Gasteiger partial charge in [0.1, 0.15) is 0 Å². The van der Waals surface area contributed by atoms with Gasteiger partial charge in [0.25, 0.3) is 5.91 Å². The van der Waals surface area contributed by atoms with Gasteiger partial charge in [-0.1, -0.05) is 19.3 Å². The number of rotatable bonds is 4. The molecular formula is C16H23N5O. The molecule has 0 spiro atoms. The lowest BCUT2D eigenvalue weighted by Gasteiger charge is -2.25. The third kappa shape index (κ3) is 2.65. The van der Waals surface area contributed by atoms with Gasteiger partial charge in [-0.2, -0.15) is 5.10 Å². The second-order valence-corrected chi connectivity index (χ2v) is 5.80. The van der Waals surface area contributed by atoms with E-state index in [1.165, 1.54) is 19.3 Å². The molecular weight excluding hydrogens is 278 g/mol. The highest BCUT2D eigenvalue weighted by molar-refractivity contribution is 6.06. The van der Waals surface area contributed by atoms with Crippen LogP contribution in [0.25, 0.3) is 11.0 Å². The van der Waals surface area contributed by atoms with E-state index in [0.29, 0.717) is 11.6 Å². The van der Waals surface area contributed by atoms with Gasteiger partial charge in [0, 0.05) is 25.8 Å². The van der Waals surface area contributed by atoms with Crippen LogP contribution in [0.4, 0.5) is 5.69 Å². The molecule has 2 aromatic rings. The van der Waals surface area contributed by atoms with E-state index in [1.807, 2.05) is 17.8 Å². The molecule has 0 saturated heterocycles. The van der Waals surface area contributed by atoms with E-state index in [4.69, 9.17) is 0 Å². The number of nitrogens with one attached hydrogen (secondary N) is 2. The van der Waals surface area contributed by atoms with Crippen molar-refractivity contribution >= 4 is 22.6 Å². The van der Waals surface area contributed by atoms with Crippen LogP contribution >= 0.6 is 0 Å².